The molecule has 0 saturated carbocycles. The predicted octanol–water partition coefficient (Wildman–Crippen LogP) is 0.870. The summed E-state index contributed by atoms with van der Waals surface area (Å²) in [5.41, 5.74) is -0.168. The van der Waals surface area contributed by atoms with E-state index in [0.717, 1.165) is 6.42 Å². The van der Waals surface area contributed by atoms with Crippen molar-refractivity contribution in [2.24, 2.45) is 5.14 Å². The van der Waals surface area contributed by atoms with Gasteiger partial charge in [-0.1, -0.05) is 6.92 Å². The van der Waals surface area contributed by atoms with E-state index in [1.807, 2.05) is 20.8 Å². The third kappa shape index (κ3) is 8.21. The summed E-state index contributed by atoms with van der Waals surface area (Å²) in [5, 5.41) is 4.83. The number of hydrogen-bond acceptors (Lipinski definition) is 3. The van der Waals surface area contributed by atoms with Crippen molar-refractivity contribution in [1.29, 1.82) is 0 Å². The van der Waals surface area contributed by atoms with E-state index in [9.17, 15) is 8.42 Å². The summed E-state index contributed by atoms with van der Waals surface area (Å²) in [6.45, 7) is 6.42. The van der Waals surface area contributed by atoms with Gasteiger partial charge in [-0.05, 0) is 26.7 Å². The van der Waals surface area contributed by atoms with Crippen LogP contribution in [-0.2, 0) is 14.8 Å². The monoisotopic (exact) mass is 209 g/mol. The molecule has 0 spiro atoms. The molecule has 0 aromatic heterocycles. The van der Waals surface area contributed by atoms with Gasteiger partial charge in [0.2, 0.25) is 10.0 Å². The molecule has 5 heteroatoms. The number of ether oxygens (including phenoxy) is 1. The predicted molar refractivity (Wildman–Crippen MR) is 52.9 cm³/mol. The minimum absolute atomic E-state index is 0.00715. The fourth-order valence-electron chi connectivity index (χ4n) is 0.711. The molecular formula is C8H19NO3S. The number of hydrogen-bond donors (Lipinski definition) is 1. The molecule has 0 fully saturated rings. The van der Waals surface area contributed by atoms with Gasteiger partial charge in [0.05, 0.1) is 11.4 Å². The molecular weight excluding hydrogens is 190 g/mol. The lowest BCUT2D eigenvalue weighted by Crippen LogP contribution is -2.25. The Labute approximate surface area is 80.5 Å². The van der Waals surface area contributed by atoms with Crippen molar-refractivity contribution >= 4 is 10.0 Å². The summed E-state index contributed by atoms with van der Waals surface area (Å²) >= 11 is 0. The van der Waals surface area contributed by atoms with Gasteiger partial charge in [-0.2, -0.15) is 0 Å². The Morgan fingerprint density at radius 1 is 1.38 bits per heavy atom. The Morgan fingerprint density at radius 3 is 2.31 bits per heavy atom. The number of sulfonamides is 1. The zero-order chi connectivity index (χ0) is 10.5. The van der Waals surface area contributed by atoms with E-state index in [4.69, 9.17) is 9.88 Å². The maximum Gasteiger partial charge on any atom is 0.209 e. The molecule has 0 heterocycles. The topological polar surface area (TPSA) is 69.4 Å². The zero-order valence-electron chi connectivity index (χ0n) is 8.54. The molecule has 0 aromatic carbocycles. The smallest absolute Gasteiger partial charge is 0.209 e. The molecule has 13 heavy (non-hydrogen) atoms. The normalized spacial score (nSPS) is 13.2. The third-order valence-electron chi connectivity index (χ3n) is 1.92. The molecule has 0 bridgehead atoms. The van der Waals surface area contributed by atoms with Gasteiger partial charge in [0.25, 0.3) is 0 Å². The average molecular weight is 209 g/mol. The third-order valence-corrected chi connectivity index (χ3v) is 2.78. The highest BCUT2D eigenvalue weighted by Crippen LogP contribution is 2.13. The molecule has 0 aliphatic heterocycles. The van der Waals surface area contributed by atoms with E-state index in [0.29, 0.717) is 13.0 Å². The van der Waals surface area contributed by atoms with Crippen LogP contribution in [0.4, 0.5) is 0 Å². The van der Waals surface area contributed by atoms with Crippen molar-refractivity contribution in [2.75, 3.05) is 12.4 Å². The Morgan fingerprint density at radius 2 is 1.92 bits per heavy atom. The number of primary sulfonamides is 1. The van der Waals surface area contributed by atoms with Gasteiger partial charge in [-0.25, -0.2) is 13.6 Å². The molecule has 0 aromatic rings. The lowest BCUT2D eigenvalue weighted by atomic mass is 10.1. The summed E-state index contributed by atoms with van der Waals surface area (Å²) in [4.78, 5) is 0. The SMILES string of the molecule is CCC(C)(C)OCCCS(N)(=O)=O. The van der Waals surface area contributed by atoms with Gasteiger partial charge in [-0.3, -0.25) is 0 Å². The van der Waals surface area contributed by atoms with Crippen molar-refractivity contribution in [3.63, 3.8) is 0 Å². The lowest BCUT2D eigenvalue weighted by molar-refractivity contribution is -0.0193. The number of nitrogens with two attached hydrogens (primary N) is 1. The maximum atomic E-state index is 10.5. The molecule has 0 saturated heterocycles. The van der Waals surface area contributed by atoms with Crippen LogP contribution in [0.3, 0.4) is 0 Å². The first-order chi connectivity index (χ1) is 5.77. The van der Waals surface area contributed by atoms with E-state index < -0.39 is 10.0 Å². The van der Waals surface area contributed by atoms with Gasteiger partial charge in [0, 0.05) is 6.61 Å². The van der Waals surface area contributed by atoms with Gasteiger partial charge >= 0.3 is 0 Å². The van der Waals surface area contributed by atoms with E-state index >= 15 is 0 Å². The van der Waals surface area contributed by atoms with Crippen LogP contribution in [0.15, 0.2) is 0 Å². The Balaban J connectivity index is 3.58. The lowest BCUT2D eigenvalue weighted by Gasteiger charge is -2.23. The van der Waals surface area contributed by atoms with Crippen LogP contribution in [0.5, 0.6) is 0 Å². The summed E-state index contributed by atoms with van der Waals surface area (Å²) in [5.74, 6) is -0.00715. The highest BCUT2D eigenvalue weighted by atomic mass is 32.2. The van der Waals surface area contributed by atoms with E-state index in [1.54, 1.807) is 0 Å². The second-order valence-electron chi connectivity index (χ2n) is 3.68. The molecule has 0 rings (SSSR count). The fourth-order valence-corrected chi connectivity index (χ4v) is 1.23. The van der Waals surface area contributed by atoms with Crippen LogP contribution in [0.2, 0.25) is 0 Å². The van der Waals surface area contributed by atoms with Crippen LogP contribution in [-0.4, -0.2) is 26.4 Å². The maximum absolute atomic E-state index is 10.5. The molecule has 2 N–H and O–H groups in total. The van der Waals surface area contributed by atoms with Crippen LogP contribution in [0, 0.1) is 0 Å². The Kier molecular flexibility index (Phi) is 4.88. The second-order valence-corrected chi connectivity index (χ2v) is 5.42. The first kappa shape index (κ1) is 12.9. The molecule has 0 radical (unpaired) electrons. The molecule has 0 unspecified atom stereocenters. The largest absolute Gasteiger partial charge is 0.376 e. The Bertz CT molecular complexity index is 234. The quantitative estimate of drug-likeness (QED) is 0.660. The van der Waals surface area contributed by atoms with E-state index in [2.05, 4.69) is 0 Å². The minimum Gasteiger partial charge on any atom is -0.376 e. The summed E-state index contributed by atoms with van der Waals surface area (Å²) in [6, 6.07) is 0. The molecule has 0 amide bonds. The molecule has 0 aliphatic carbocycles. The van der Waals surface area contributed by atoms with Crippen LogP contribution >= 0.6 is 0 Å². The average Bonchev–Trinajstić information content (AvgIpc) is 1.97. The van der Waals surface area contributed by atoms with Crippen molar-refractivity contribution in [2.45, 2.75) is 39.2 Å². The van der Waals surface area contributed by atoms with Crippen molar-refractivity contribution in [3.8, 4) is 0 Å². The van der Waals surface area contributed by atoms with Crippen molar-refractivity contribution in [3.05, 3.63) is 0 Å². The fraction of sp³-hybridized carbons (Fsp3) is 1.00. The molecule has 0 atom stereocenters. The Hall–Kier alpha value is -0.130. The van der Waals surface area contributed by atoms with Gasteiger partial charge in [0.15, 0.2) is 0 Å². The van der Waals surface area contributed by atoms with Crippen LogP contribution in [0.25, 0.3) is 0 Å². The van der Waals surface area contributed by atoms with Gasteiger partial charge in [-0.15, -0.1) is 0 Å². The molecule has 80 valence electrons. The zero-order valence-corrected chi connectivity index (χ0v) is 9.36. The van der Waals surface area contributed by atoms with E-state index in [1.165, 1.54) is 0 Å². The second kappa shape index (κ2) is 4.93. The van der Waals surface area contributed by atoms with Crippen LogP contribution in [0.1, 0.15) is 33.6 Å². The molecule has 0 aliphatic rings. The summed E-state index contributed by atoms with van der Waals surface area (Å²) in [7, 11) is -3.33. The highest BCUT2D eigenvalue weighted by Gasteiger charge is 2.14. The number of rotatable bonds is 6. The molecule has 4 nitrogen and oxygen atoms in total. The first-order valence-corrected chi connectivity index (χ1v) is 6.13. The minimum atomic E-state index is -3.33. The van der Waals surface area contributed by atoms with Crippen molar-refractivity contribution < 1.29 is 13.2 Å². The summed E-state index contributed by atoms with van der Waals surface area (Å²) < 4.78 is 26.5. The summed E-state index contributed by atoms with van der Waals surface area (Å²) in [6.07, 6.45) is 1.37. The van der Waals surface area contributed by atoms with E-state index in [-0.39, 0.29) is 11.4 Å². The van der Waals surface area contributed by atoms with Crippen LogP contribution < -0.4 is 5.14 Å². The van der Waals surface area contributed by atoms with Crippen molar-refractivity contribution in [1.82, 2.24) is 0 Å². The standard InChI is InChI=1S/C8H19NO3S/c1-4-8(2,3)12-6-5-7-13(9,10)11/h4-7H2,1-3H3,(H2,9,10,11). The van der Waals surface area contributed by atoms with Gasteiger partial charge in [0.1, 0.15) is 0 Å². The highest BCUT2D eigenvalue weighted by molar-refractivity contribution is 7.89. The first-order valence-electron chi connectivity index (χ1n) is 4.41. The van der Waals surface area contributed by atoms with Gasteiger partial charge < -0.3 is 4.74 Å².